The molecule has 4 amide bonds. The predicted molar refractivity (Wildman–Crippen MR) is 197 cm³/mol. The maximum Gasteiger partial charge on any atom is 0.407 e. The van der Waals surface area contributed by atoms with E-state index in [1.54, 1.807) is 24.3 Å². The molecule has 286 valence electrons. The molecule has 1 aromatic carbocycles. The molecule has 3 saturated carbocycles. The second-order valence-electron chi connectivity index (χ2n) is 15.6. The normalized spacial score (nSPS) is 28.7. The standard InChI is InChI=1S/C39H51N5O8S/c1-3-28-22-39(28,37(47)43-53(49,50)29-13-14-29)42-35(45)32-19-24-18-31-30-20-27(33(51-2)21-26(30)15-16-40-31)12-8-5-9-17-52-38(48)41-34(36(46)44(32)23-24)25-10-6-4-7-11-25/h3,15-16,20-21,24-25,28-29,32,34H,1,4-14,17-19,22-23H2,2H3,(H,41,48)(H,42,45)(H,43,47)/t24?,28?,32?,34?,39-/m0/s1. The molecule has 5 atom stereocenters. The van der Waals surface area contributed by atoms with Gasteiger partial charge in [-0.3, -0.25) is 24.1 Å². The number of aromatic nitrogens is 1. The second-order valence-corrected chi connectivity index (χ2v) is 17.6. The van der Waals surface area contributed by atoms with E-state index in [4.69, 9.17) is 14.5 Å². The first kappa shape index (κ1) is 37.1. The van der Waals surface area contributed by atoms with Gasteiger partial charge < -0.3 is 25.0 Å². The van der Waals surface area contributed by atoms with Crippen molar-refractivity contribution in [1.29, 1.82) is 0 Å². The number of fused-ring (bicyclic) bond motifs is 3. The largest absolute Gasteiger partial charge is 0.496 e. The van der Waals surface area contributed by atoms with Gasteiger partial charge in [-0.15, -0.1) is 6.58 Å². The van der Waals surface area contributed by atoms with Crippen molar-refractivity contribution in [2.45, 2.75) is 113 Å². The predicted octanol–water partition coefficient (Wildman–Crippen LogP) is 4.07. The lowest BCUT2D eigenvalue weighted by atomic mass is 9.83. The zero-order valence-electron chi connectivity index (χ0n) is 30.4. The molecule has 14 heteroatoms. The maximum absolute atomic E-state index is 14.7. The third kappa shape index (κ3) is 7.88. The van der Waals surface area contributed by atoms with Gasteiger partial charge in [0.25, 0.3) is 5.91 Å². The van der Waals surface area contributed by atoms with Crippen molar-refractivity contribution >= 4 is 44.6 Å². The molecular weight excluding hydrogens is 699 g/mol. The molecule has 1 aromatic heterocycles. The molecule has 3 aliphatic carbocycles. The molecule has 2 aliphatic heterocycles. The smallest absolute Gasteiger partial charge is 0.407 e. The van der Waals surface area contributed by atoms with Gasteiger partial charge in [-0.05, 0) is 112 Å². The van der Waals surface area contributed by atoms with Gasteiger partial charge in [0, 0.05) is 29.7 Å². The van der Waals surface area contributed by atoms with Gasteiger partial charge >= 0.3 is 6.09 Å². The number of nitrogens with one attached hydrogen (secondary N) is 3. The lowest BCUT2D eigenvalue weighted by molar-refractivity contribution is -0.142. The summed E-state index contributed by atoms with van der Waals surface area (Å²) in [5.41, 5.74) is 0.419. The van der Waals surface area contributed by atoms with Crippen LogP contribution in [0.25, 0.3) is 10.8 Å². The van der Waals surface area contributed by atoms with Crippen molar-refractivity contribution in [2.24, 2.45) is 17.8 Å². The molecule has 0 radical (unpaired) electrons. The van der Waals surface area contributed by atoms with E-state index >= 15 is 0 Å². The van der Waals surface area contributed by atoms with E-state index in [2.05, 4.69) is 28.0 Å². The highest BCUT2D eigenvalue weighted by molar-refractivity contribution is 7.91. The number of hydrogen-bond donors (Lipinski definition) is 3. The highest BCUT2D eigenvalue weighted by atomic mass is 32.2. The van der Waals surface area contributed by atoms with Crippen molar-refractivity contribution < 1.29 is 37.1 Å². The fraction of sp³-hybridized carbons (Fsp3) is 0.615. The highest BCUT2D eigenvalue weighted by Gasteiger charge is 2.62. The number of ether oxygens (including phenoxy) is 2. The molecule has 3 N–H and O–H groups in total. The quantitative estimate of drug-likeness (QED) is 0.337. The highest BCUT2D eigenvalue weighted by Crippen LogP contribution is 2.46. The van der Waals surface area contributed by atoms with Crippen LogP contribution in [0.2, 0.25) is 0 Å². The Kier molecular flexibility index (Phi) is 10.7. The summed E-state index contributed by atoms with van der Waals surface area (Å²) in [5, 5.41) is 7.15. The van der Waals surface area contributed by atoms with Crippen LogP contribution in [-0.2, 0) is 42.0 Å². The number of pyridine rings is 1. The number of sulfonamides is 1. The van der Waals surface area contributed by atoms with Gasteiger partial charge in [0.2, 0.25) is 21.8 Å². The summed E-state index contributed by atoms with van der Waals surface area (Å²) in [6, 6.07) is 4.25. The average molecular weight is 750 g/mol. The van der Waals surface area contributed by atoms with Crippen molar-refractivity contribution in [3.05, 3.63) is 48.3 Å². The van der Waals surface area contributed by atoms with E-state index in [0.717, 1.165) is 79.1 Å². The van der Waals surface area contributed by atoms with Crippen LogP contribution >= 0.6 is 0 Å². The molecule has 4 fully saturated rings. The third-order valence-electron chi connectivity index (χ3n) is 11.9. The van der Waals surface area contributed by atoms with Gasteiger partial charge in [-0.1, -0.05) is 25.3 Å². The van der Waals surface area contributed by atoms with Crippen LogP contribution in [0.5, 0.6) is 5.75 Å². The molecule has 13 nitrogen and oxygen atoms in total. The van der Waals surface area contributed by atoms with Gasteiger partial charge in [0.15, 0.2) is 0 Å². The number of benzene rings is 1. The summed E-state index contributed by atoms with van der Waals surface area (Å²) in [6.45, 7) is 4.26. The number of aryl methyl sites for hydroxylation is 1. The van der Waals surface area contributed by atoms with Gasteiger partial charge in [-0.25, -0.2) is 13.2 Å². The molecule has 7 rings (SSSR count). The summed E-state index contributed by atoms with van der Waals surface area (Å²) in [4.78, 5) is 62.2. The van der Waals surface area contributed by atoms with Crippen LogP contribution in [0.15, 0.2) is 37.1 Å². The molecule has 4 bridgehead atoms. The van der Waals surface area contributed by atoms with Crippen LogP contribution in [0.1, 0.15) is 88.3 Å². The summed E-state index contributed by atoms with van der Waals surface area (Å²) >= 11 is 0. The Morgan fingerprint density at radius 1 is 1.09 bits per heavy atom. The molecule has 5 aliphatic rings. The van der Waals surface area contributed by atoms with Gasteiger partial charge in [0.05, 0.1) is 19.0 Å². The van der Waals surface area contributed by atoms with Crippen LogP contribution in [0.4, 0.5) is 4.79 Å². The molecule has 1 saturated heterocycles. The minimum Gasteiger partial charge on any atom is -0.496 e. The van der Waals surface area contributed by atoms with E-state index in [1.165, 1.54) is 0 Å². The Hall–Kier alpha value is -4.20. The molecule has 53 heavy (non-hydrogen) atoms. The van der Waals surface area contributed by atoms with Gasteiger partial charge in [0.1, 0.15) is 23.4 Å². The molecule has 2 aromatic rings. The van der Waals surface area contributed by atoms with Crippen molar-refractivity contribution in [2.75, 3.05) is 20.3 Å². The van der Waals surface area contributed by atoms with Crippen LogP contribution in [0, 0.1) is 17.8 Å². The number of alkyl carbamates (subject to hydrolysis) is 1. The Bertz CT molecular complexity index is 1880. The topological polar surface area (TPSA) is 173 Å². The first-order valence-corrected chi connectivity index (χ1v) is 20.8. The molecule has 4 unspecified atom stereocenters. The number of hydrogen-bond acceptors (Lipinski definition) is 9. The molecule has 3 heterocycles. The summed E-state index contributed by atoms with van der Waals surface area (Å²) in [7, 11) is -2.21. The number of cyclic esters (lactones) is 1. The first-order valence-electron chi connectivity index (χ1n) is 19.2. The number of rotatable bonds is 8. The summed E-state index contributed by atoms with van der Waals surface area (Å²) < 4.78 is 39.0. The fourth-order valence-electron chi connectivity index (χ4n) is 8.66. The SMILES string of the molecule is C=CC1C[C@@]1(NC(=O)C1CC2Cc3nccc4cc(OC)c(cc34)CCCCCOC(=O)NC(C3CCCCC3)C(=O)N1C2)C(=O)NS(=O)(=O)C1CC1. The van der Waals surface area contributed by atoms with Crippen LogP contribution in [-0.4, -0.2) is 85.3 Å². The van der Waals surface area contributed by atoms with Crippen molar-refractivity contribution in [3.63, 3.8) is 0 Å². The third-order valence-corrected chi connectivity index (χ3v) is 13.8. The number of carbonyl (C=O) groups is 4. The average Bonchev–Trinajstić information content (AvgIpc) is 4.08. The minimum atomic E-state index is -3.87. The van der Waals surface area contributed by atoms with Crippen molar-refractivity contribution in [3.8, 4) is 5.75 Å². The monoisotopic (exact) mass is 749 g/mol. The molecular formula is C39H51N5O8S. The fourth-order valence-corrected chi connectivity index (χ4v) is 10.0. The summed E-state index contributed by atoms with van der Waals surface area (Å²) in [6.07, 6.45) is 12.2. The van der Waals surface area contributed by atoms with E-state index < -0.39 is 56.7 Å². The number of amides is 4. The van der Waals surface area contributed by atoms with Crippen LogP contribution in [0.3, 0.4) is 0 Å². The Labute approximate surface area is 311 Å². The lowest BCUT2D eigenvalue weighted by Crippen LogP contribution is -2.59. The van der Waals surface area contributed by atoms with E-state index in [1.807, 2.05) is 12.1 Å². The minimum absolute atomic E-state index is 0.122. The Balaban J connectivity index is 1.22. The first-order chi connectivity index (χ1) is 25.5. The Morgan fingerprint density at radius 3 is 2.58 bits per heavy atom. The number of carbonyl (C=O) groups excluding carboxylic acids is 4. The van der Waals surface area contributed by atoms with Crippen molar-refractivity contribution in [1.82, 2.24) is 25.2 Å². The zero-order valence-corrected chi connectivity index (χ0v) is 31.3. The number of methoxy groups -OCH3 is 1. The van der Waals surface area contributed by atoms with Gasteiger partial charge in [-0.2, -0.15) is 0 Å². The van der Waals surface area contributed by atoms with E-state index in [0.29, 0.717) is 25.7 Å². The molecule has 0 spiro atoms. The lowest BCUT2D eigenvalue weighted by Gasteiger charge is -2.34. The van der Waals surface area contributed by atoms with E-state index in [-0.39, 0.29) is 43.7 Å². The summed E-state index contributed by atoms with van der Waals surface area (Å²) in [5.74, 6) is -1.66. The maximum atomic E-state index is 14.7. The Morgan fingerprint density at radius 2 is 1.87 bits per heavy atom. The second kappa shape index (κ2) is 15.3. The number of nitrogens with zero attached hydrogens (tertiary/aromatic N) is 2. The van der Waals surface area contributed by atoms with E-state index in [9.17, 15) is 27.6 Å². The van der Waals surface area contributed by atoms with Crippen LogP contribution < -0.4 is 20.1 Å². The zero-order chi connectivity index (χ0) is 37.3.